The molecule has 0 rings (SSSR count). The molecule has 0 spiro atoms. The van der Waals surface area contributed by atoms with Crippen LogP contribution in [0.2, 0.25) is 0 Å². The number of hydrogen-bond donors (Lipinski definition) is 2. The van der Waals surface area contributed by atoms with Crippen molar-refractivity contribution in [3.8, 4) is 0 Å². The van der Waals surface area contributed by atoms with E-state index in [0.717, 1.165) is 13.0 Å². The van der Waals surface area contributed by atoms with Crippen LogP contribution >= 0.6 is 25.6 Å². The van der Waals surface area contributed by atoms with Gasteiger partial charge in [0, 0.05) is 6.54 Å². The Balaban J connectivity index is 2.63. The van der Waals surface area contributed by atoms with E-state index in [1.165, 1.54) is 0 Å². The molecule has 0 aliphatic heterocycles. The minimum atomic E-state index is 0.937. The molecule has 0 heterocycles. The summed E-state index contributed by atoms with van der Waals surface area (Å²) in [6, 6.07) is 0. The Morgan fingerprint density at radius 3 is 2.00 bits per heavy atom. The molecule has 0 aliphatic carbocycles. The molecule has 0 saturated heterocycles. The summed E-state index contributed by atoms with van der Waals surface area (Å²) in [5.41, 5.74) is 0. The molecule has 0 aromatic rings. The van der Waals surface area contributed by atoms with E-state index in [1.807, 2.05) is 0 Å². The molecule has 0 fully saturated rings. The Kier molecular flexibility index (Phi) is 4.26. The highest BCUT2D eigenvalue weighted by Crippen LogP contribution is 1.95. The smallest absolute Gasteiger partial charge is 0.0195 e. The normalized spacial score (nSPS) is 10.0. The van der Waals surface area contributed by atoms with Gasteiger partial charge in [0.2, 0.25) is 0 Å². The van der Waals surface area contributed by atoms with E-state index in [9.17, 15) is 0 Å². The molecule has 0 aromatic carbocycles. The average molecular weight is 123 g/mol. The lowest BCUT2D eigenvalue weighted by molar-refractivity contribution is 0.723. The molecular weight excluding hydrogens is 114 g/mol. The molecule has 0 saturated carbocycles. The lowest BCUT2D eigenvalue weighted by atomic mass is 10.5. The van der Waals surface area contributed by atoms with Crippen LogP contribution in [0.1, 0.15) is 13.3 Å². The molecular formula is C3H9NS2. The van der Waals surface area contributed by atoms with Crippen LogP contribution in [-0.4, -0.2) is 10.3 Å². The van der Waals surface area contributed by atoms with Crippen molar-refractivity contribution in [3.63, 3.8) is 0 Å². The second-order valence-corrected chi connectivity index (χ2v) is 2.38. The number of thiol groups is 2. The predicted octanol–water partition coefficient (Wildman–Crippen LogP) is 1.39. The van der Waals surface area contributed by atoms with Crippen molar-refractivity contribution < 1.29 is 0 Å². The third-order valence-corrected chi connectivity index (χ3v) is 0.824. The van der Waals surface area contributed by atoms with Gasteiger partial charge in [0.05, 0.1) is 0 Å². The molecule has 0 unspecified atom stereocenters. The topological polar surface area (TPSA) is 3.24 Å². The predicted molar refractivity (Wildman–Crippen MR) is 35.0 cm³/mol. The second-order valence-electron chi connectivity index (χ2n) is 1.10. The lowest BCUT2D eigenvalue weighted by Crippen LogP contribution is -1.96. The van der Waals surface area contributed by atoms with Crippen molar-refractivity contribution >= 4 is 25.6 Å². The van der Waals surface area contributed by atoms with Crippen molar-refractivity contribution in [1.29, 1.82) is 0 Å². The van der Waals surface area contributed by atoms with E-state index in [1.54, 1.807) is 3.71 Å². The van der Waals surface area contributed by atoms with Gasteiger partial charge in [-0.05, 0) is 6.42 Å². The van der Waals surface area contributed by atoms with Gasteiger partial charge < -0.3 is 0 Å². The maximum atomic E-state index is 3.88. The molecule has 0 aromatic heterocycles. The molecule has 38 valence electrons. The van der Waals surface area contributed by atoms with Crippen LogP contribution in [0.25, 0.3) is 0 Å². The Morgan fingerprint density at radius 1 is 1.50 bits per heavy atom. The van der Waals surface area contributed by atoms with Crippen molar-refractivity contribution in [1.82, 2.24) is 3.71 Å². The van der Waals surface area contributed by atoms with Gasteiger partial charge in [-0.25, -0.2) is 3.71 Å². The van der Waals surface area contributed by atoms with Crippen LogP contribution in [0.15, 0.2) is 0 Å². The van der Waals surface area contributed by atoms with Gasteiger partial charge in [0.15, 0.2) is 0 Å². The van der Waals surface area contributed by atoms with Crippen molar-refractivity contribution in [3.05, 3.63) is 0 Å². The maximum absolute atomic E-state index is 3.88. The van der Waals surface area contributed by atoms with E-state index in [0.29, 0.717) is 0 Å². The summed E-state index contributed by atoms with van der Waals surface area (Å²) in [4.78, 5) is 0. The minimum absolute atomic E-state index is 0.937. The van der Waals surface area contributed by atoms with Gasteiger partial charge >= 0.3 is 0 Å². The van der Waals surface area contributed by atoms with Crippen LogP contribution in [0.5, 0.6) is 0 Å². The van der Waals surface area contributed by atoms with Crippen LogP contribution in [0.3, 0.4) is 0 Å². The highest BCUT2D eigenvalue weighted by atomic mass is 32.2. The van der Waals surface area contributed by atoms with Gasteiger partial charge in [0.1, 0.15) is 0 Å². The summed E-state index contributed by atoms with van der Waals surface area (Å²) in [6.07, 6.45) is 1.10. The maximum Gasteiger partial charge on any atom is 0.0195 e. The molecule has 6 heavy (non-hydrogen) atoms. The fourth-order valence-corrected chi connectivity index (χ4v) is 0.600. The summed E-state index contributed by atoms with van der Waals surface area (Å²) in [5.74, 6) is 0. The Bertz CT molecular complexity index is 30.0. The van der Waals surface area contributed by atoms with Crippen molar-refractivity contribution in [2.45, 2.75) is 13.3 Å². The minimum Gasteiger partial charge on any atom is -0.200 e. The van der Waals surface area contributed by atoms with Crippen LogP contribution < -0.4 is 0 Å². The highest BCUT2D eigenvalue weighted by molar-refractivity contribution is 7.93. The third-order valence-electron chi connectivity index (χ3n) is 0.424. The van der Waals surface area contributed by atoms with Crippen LogP contribution in [-0.2, 0) is 0 Å². The lowest BCUT2D eigenvalue weighted by Gasteiger charge is -2.00. The molecule has 0 radical (unpaired) electrons. The standard InChI is InChI=1S/C3H9NS2/c1-2-3-4(5)6/h5-6H,2-3H2,1H3. The fraction of sp³-hybridized carbons (Fsp3) is 1.00. The van der Waals surface area contributed by atoms with Gasteiger partial charge in [0.25, 0.3) is 0 Å². The third kappa shape index (κ3) is 4.66. The summed E-state index contributed by atoms with van der Waals surface area (Å²) >= 11 is 7.75. The van der Waals surface area contributed by atoms with E-state index < -0.39 is 0 Å². The Morgan fingerprint density at radius 2 is 2.00 bits per heavy atom. The Hall–Kier alpha value is 0.660. The van der Waals surface area contributed by atoms with Gasteiger partial charge in [-0.15, -0.1) is 0 Å². The first-order chi connectivity index (χ1) is 2.77. The Labute approximate surface area is 49.8 Å². The second kappa shape index (κ2) is 3.84. The average Bonchev–Trinajstić information content (AvgIpc) is 1.35. The highest BCUT2D eigenvalue weighted by Gasteiger charge is 1.82. The van der Waals surface area contributed by atoms with Crippen molar-refractivity contribution in [2.24, 2.45) is 0 Å². The molecule has 3 heteroatoms. The van der Waals surface area contributed by atoms with E-state index >= 15 is 0 Å². The van der Waals surface area contributed by atoms with Crippen molar-refractivity contribution in [2.75, 3.05) is 6.54 Å². The van der Waals surface area contributed by atoms with E-state index in [-0.39, 0.29) is 0 Å². The van der Waals surface area contributed by atoms with Gasteiger partial charge in [-0.1, -0.05) is 32.6 Å². The number of rotatable bonds is 2. The first-order valence-electron chi connectivity index (χ1n) is 1.92. The van der Waals surface area contributed by atoms with E-state index in [2.05, 4.69) is 32.6 Å². The van der Waals surface area contributed by atoms with Gasteiger partial charge in [-0.2, -0.15) is 0 Å². The zero-order valence-electron chi connectivity index (χ0n) is 3.76. The zero-order valence-corrected chi connectivity index (χ0v) is 5.54. The zero-order chi connectivity index (χ0) is 4.99. The number of nitrogens with zero attached hydrogens (tertiary/aromatic N) is 1. The summed E-state index contributed by atoms with van der Waals surface area (Å²) in [5, 5.41) is 0. The molecule has 0 aliphatic rings. The number of hydrogen-bond acceptors (Lipinski definition) is 3. The van der Waals surface area contributed by atoms with E-state index in [4.69, 9.17) is 0 Å². The quantitative estimate of drug-likeness (QED) is 0.525. The molecule has 1 nitrogen and oxygen atoms in total. The summed E-state index contributed by atoms with van der Waals surface area (Å²) in [7, 11) is 0. The molecule has 0 bridgehead atoms. The fourth-order valence-electron chi connectivity index (χ4n) is 0.200. The molecule has 0 atom stereocenters. The first-order valence-corrected chi connectivity index (χ1v) is 2.72. The van der Waals surface area contributed by atoms with Crippen LogP contribution in [0, 0.1) is 0 Å². The van der Waals surface area contributed by atoms with Gasteiger partial charge in [-0.3, -0.25) is 0 Å². The summed E-state index contributed by atoms with van der Waals surface area (Å²) in [6.45, 7) is 3.02. The van der Waals surface area contributed by atoms with Crippen LogP contribution in [0.4, 0.5) is 0 Å². The molecule has 0 amide bonds. The first kappa shape index (κ1) is 6.66. The monoisotopic (exact) mass is 123 g/mol. The SMILES string of the molecule is CCCN(S)S. The largest absolute Gasteiger partial charge is 0.200 e. The molecule has 0 N–H and O–H groups in total. The summed E-state index contributed by atoms with van der Waals surface area (Å²) < 4.78 is 1.57.